The largest absolute Gasteiger partial charge is 0.294 e. The Morgan fingerprint density at radius 3 is 3.06 bits per heavy atom. The van der Waals surface area contributed by atoms with Crippen molar-refractivity contribution in [2.75, 3.05) is 0 Å². The first-order chi connectivity index (χ1) is 8.72. The quantitative estimate of drug-likeness (QED) is 0.376. The summed E-state index contributed by atoms with van der Waals surface area (Å²) in [5.74, 6) is 6.22. The van der Waals surface area contributed by atoms with Gasteiger partial charge in [0.2, 0.25) is 0 Å². The van der Waals surface area contributed by atoms with Crippen molar-refractivity contribution < 1.29 is 4.79 Å². The molecule has 1 amide bonds. The van der Waals surface area contributed by atoms with Crippen LogP contribution in [0.3, 0.4) is 0 Å². The number of aromatic nitrogens is 3. The molecule has 0 aliphatic heterocycles. The summed E-state index contributed by atoms with van der Waals surface area (Å²) in [7, 11) is 0. The summed E-state index contributed by atoms with van der Waals surface area (Å²) >= 11 is 4.24. The van der Waals surface area contributed by atoms with Gasteiger partial charge in [0, 0.05) is 17.6 Å². The molecule has 0 atom stereocenters. The zero-order valence-corrected chi connectivity index (χ0v) is 12.0. The van der Waals surface area contributed by atoms with E-state index >= 15 is 0 Å². The lowest BCUT2D eigenvalue weighted by Crippen LogP contribution is -2.29. The van der Waals surface area contributed by atoms with Gasteiger partial charge in [0.15, 0.2) is 9.35 Å². The third kappa shape index (κ3) is 3.25. The first-order valence-corrected chi connectivity index (χ1v) is 7.77. The van der Waals surface area contributed by atoms with E-state index in [1.807, 2.05) is 12.3 Å². The smallest absolute Gasteiger partial charge is 0.288 e. The van der Waals surface area contributed by atoms with Gasteiger partial charge in [0.1, 0.15) is 5.82 Å². The average molecular weight is 301 g/mol. The van der Waals surface area contributed by atoms with E-state index in [9.17, 15) is 4.79 Å². The molecule has 0 aliphatic carbocycles. The maximum Gasteiger partial charge on any atom is 0.294 e. The molecule has 0 bridgehead atoms. The van der Waals surface area contributed by atoms with Crippen LogP contribution in [0.5, 0.6) is 0 Å². The third-order valence-electron chi connectivity index (χ3n) is 1.99. The summed E-state index contributed by atoms with van der Waals surface area (Å²) in [5.41, 5.74) is 2.91. The number of amides is 1. The summed E-state index contributed by atoms with van der Waals surface area (Å²) in [4.78, 5) is 19.8. The SMILES string of the molecule is CCc1nsc(SCc2csc(C(=O)NN)n2)n1. The Morgan fingerprint density at radius 2 is 2.39 bits per heavy atom. The van der Waals surface area contributed by atoms with Crippen LogP contribution < -0.4 is 11.3 Å². The molecule has 0 radical (unpaired) electrons. The van der Waals surface area contributed by atoms with Crippen LogP contribution in [0, 0.1) is 0 Å². The van der Waals surface area contributed by atoms with Gasteiger partial charge in [-0.25, -0.2) is 15.8 Å². The predicted molar refractivity (Wildman–Crippen MR) is 72.6 cm³/mol. The van der Waals surface area contributed by atoms with E-state index in [0.29, 0.717) is 10.8 Å². The topological polar surface area (TPSA) is 93.8 Å². The van der Waals surface area contributed by atoms with E-state index < -0.39 is 0 Å². The van der Waals surface area contributed by atoms with E-state index in [-0.39, 0.29) is 5.91 Å². The number of carbonyl (C=O) groups excluding carboxylic acids is 1. The standard InChI is InChI=1S/C9H11N5OS3/c1-2-6-12-9(18-14-6)17-4-5-3-16-8(11-5)7(15)13-10/h3H,2,4,10H2,1H3,(H,13,15). The zero-order chi connectivity index (χ0) is 13.0. The van der Waals surface area contributed by atoms with E-state index in [1.54, 1.807) is 11.8 Å². The lowest BCUT2D eigenvalue weighted by Gasteiger charge is -1.93. The second-order valence-electron chi connectivity index (χ2n) is 3.24. The molecule has 2 aromatic rings. The molecule has 0 fully saturated rings. The number of nitrogens with one attached hydrogen (secondary N) is 1. The van der Waals surface area contributed by atoms with Gasteiger partial charge in [0.25, 0.3) is 5.91 Å². The van der Waals surface area contributed by atoms with Gasteiger partial charge < -0.3 is 0 Å². The predicted octanol–water partition coefficient (Wildman–Crippen LogP) is 1.45. The molecule has 9 heteroatoms. The summed E-state index contributed by atoms with van der Waals surface area (Å²) in [6.07, 6.45) is 0.842. The molecule has 3 N–H and O–H groups in total. The van der Waals surface area contributed by atoms with Crippen LogP contribution in [0.2, 0.25) is 0 Å². The van der Waals surface area contributed by atoms with Gasteiger partial charge in [-0.15, -0.1) is 11.3 Å². The summed E-state index contributed by atoms with van der Waals surface area (Å²) in [6, 6.07) is 0. The Hall–Kier alpha value is -1.03. The minimum atomic E-state index is -0.361. The molecule has 0 spiro atoms. The van der Waals surface area contributed by atoms with Crippen LogP contribution in [0.15, 0.2) is 9.72 Å². The molecule has 0 saturated heterocycles. The van der Waals surface area contributed by atoms with Gasteiger partial charge in [-0.3, -0.25) is 10.2 Å². The second kappa shape index (κ2) is 6.23. The number of hydrogen-bond donors (Lipinski definition) is 2. The van der Waals surface area contributed by atoms with Gasteiger partial charge in [0.05, 0.1) is 5.69 Å². The van der Waals surface area contributed by atoms with Crippen LogP contribution in [-0.2, 0) is 12.2 Å². The van der Waals surface area contributed by atoms with Crippen LogP contribution >= 0.6 is 34.6 Å². The minimum absolute atomic E-state index is 0.361. The van der Waals surface area contributed by atoms with Crippen molar-refractivity contribution in [2.24, 2.45) is 5.84 Å². The molecule has 0 unspecified atom stereocenters. The Bertz CT molecular complexity index is 538. The lowest BCUT2D eigenvalue weighted by molar-refractivity contribution is 0.0953. The third-order valence-corrected chi connectivity index (χ3v) is 4.78. The van der Waals surface area contributed by atoms with Crippen molar-refractivity contribution in [3.05, 3.63) is 21.9 Å². The number of rotatable bonds is 5. The molecule has 2 aromatic heterocycles. The Labute approximate surface area is 116 Å². The van der Waals surface area contributed by atoms with Crippen molar-refractivity contribution in [3.63, 3.8) is 0 Å². The molecular formula is C9H11N5OS3. The number of hydrazine groups is 1. The molecule has 96 valence electrons. The first-order valence-electron chi connectivity index (χ1n) is 5.13. The highest BCUT2D eigenvalue weighted by Gasteiger charge is 2.10. The van der Waals surface area contributed by atoms with E-state index in [4.69, 9.17) is 5.84 Å². The van der Waals surface area contributed by atoms with Crippen molar-refractivity contribution in [1.29, 1.82) is 0 Å². The fourth-order valence-electron chi connectivity index (χ4n) is 1.12. The maximum absolute atomic E-state index is 11.2. The summed E-state index contributed by atoms with van der Waals surface area (Å²) in [6.45, 7) is 2.02. The molecule has 0 saturated carbocycles. The summed E-state index contributed by atoms with van der Waals surface area (Å²) < 4.78 is 5.13. The molecule has 2 rings (SSSR count). The number of nitrogen functional groups attached to an aromatic ring is 1. The molecule has 6 nitrogen and oxygen atoms in total. The fourth-order valence-corrected chi connectivity index (χ4v) is 3.53. The van der Waals surface area contributed by atoms with Gasteiger partial charge in [-0.2, -0.15) is 4.37 Å². The molecular weight excluding hydrogens is 290 g/mol. The number of thioether (sulfide) groups is 1. The lowest BCUT2D eigenvalue weighted by atomic mass is 10.5. The maximum atomic E-state index is 11.2. The molecule has 0 aromatic carbocycles. The summed E-state index contributed by atoms with van der Waals surface area (Å²) in [5, 5.41) is 2.22. The van der Waals surface area contributed by atoms with Crippen LogP contribution in [0.4, 0.5) is 0 Å². The van der Waals surface area contributed by atoms with Crippen LogP contribution in [0.25, 0.3) is 0 Å². The Balaban J connectivity index is 1.93. The second-order valence-corrected chi connectivity index (χ2v) is 6.07. The molecule has 2 heterocycles. The number of thiazole rings is 1. The first kappa shape index (κ1) is 13.4. The molecule has 18 heavy (non-hydrogen) atoms. The highest BCUT2D eigenvalue weighted by Crippen LogP contribution is 2.25. The van der Waals surface area contributed by atoms with E-state index in [2.05, 4.69) is 19.8 Å². The number of carbonyl (C=O) groups is 1. The Morgan fingerprint density at radius 1 is 1.56 bits per heavy atom. The highest BCUT2D eigenvalue weighted by molar-refractivity contribution is 8.00. The average Bonchev–Trinajstić information content (AvgIpc) is 3.04. The number of hydrogen-bond acceptors (Lipinski definition) is 8. The van der Waals surface area contributed by atoms with E-state index in [1.165, 1.54) is 22.9 Å². The van der Waals surface area contributed by atoms with Crippen molar-refractivity contribution in [1.82, 2.24) is 19.8 Å². The number of nitrogens with two attached hydrogens (primary N) is 1. The number of aryl methyl sites for hydroxylation is 1. The van der Waals surface area contributed by atoms with Gasteiger partial charge in [-0.1, -0.05) is 18.7 Å². The number of nitrogens with zero attached hydrogens (tertiary/aromatic N) is 3. The van der Waals surface area contributed by atoms with Gasteiger partial charge >= 0.3 is 0 Å². The van der Waals surface area contributed by atoms with E-state index in [0.717, 1.165) is 22.3 Å². The van der Waals surface area contributed by atoms with Crippen molar-refractivity contribution in [3.8, 4) is 0 Å². The minimum Gasteiger partial charge on any atom is -0.288 e. The van der Waals surface area contributed by atoms with Crippen LogP contribution in [0.1, 0.15) is 28.2 Å². The highest BCUT2D eigenvalue weighted by atomic mass is 32.2. The van der Waals surface area contributed by atoms with Crippen LogP contribution in [-0.4, -0.2) is 20.2 Å². The molecule has 0 aliphatic rings. The Kier molecular flexibility index (Phi) is 4.64. The zero-order valence-electron chi connectivity index (χ0n) is 9.54. The fraction of sp³-hybridized carbons (Fsp3) is 0.333. The van der Waals surface area contributed by atoms with Crippen molar-refractivity contribution >= 4 is 40.5 Å². The monoisotopic (exact) mass is 301 g/mol. The van der Waals surface area contributed by atoms with Crippen molar-refractivity contribution in [2.45, 2.75) is 23.4 Å². The van der Waals surface area contributed by atoms with Gasteiger partial charge in [-0.05, 0) is 11.5 Å². The normalized spacial score (nSPS) is 10.6.